The highest BCUT2D eigenvalue weighted by atomic mass is 15.1. The average Bonchev–Trinajstić information content (AvgIpc) is 3.54. The fraction of sp³-hybridized carbons (Fsp3) is 0.0217. The molecule has 8 aromatic carbocycles. The van der Waals surface area contributed by atoms with Gasteiger partial charge in [0.15, 0.2) is 0 Å². The molecule has 0 aliphatic carbocycles. The van der Waals surface area contributed by atoms with Crippen LogP contribution in [0.3, 0.4) is 0 Å². The summed E-state index contributed by atoms with van der Waals surface area (Å²) in [5.74, 6) is 0.940. The summed E-state index contributed by atoms with van der Waals surface area (Å²) >= 11 is 0. The van der Waals surface area contributed by atoms with Crippen LogP contribution in [0, 0.1) is 6.92 Å². The normalized spacial score (nSPS) is 11.4. The summed E-state index contributed by atoms with van der Waals surface area (Å²) in [6, 6.07) is 63.4. The number of hydrogen-bond donors (Lipinski definition) is 0. The molecule has 0 unspecified atom stereocenters. The van der Waals surface area contributed by atoms with E-state index in [0.29, 0.717) is 0 Å². The molecule has 0 amide bonds. The summed E-state index contributed by atoms with van der Waals surface area (Å²) in [6.45, 7) is 2.14. The van der Waals surface area contributed by atoms with Crippen molar-refractivity contribution in [2.75, 3.05) is 0 Å². The molecule has 48 heavy (non-hydrogen) atoms. The van der Waals surface area contributed by atoms with E-state index >= 15 is 0 Å². The van der Waals surface area contributed by atoms with Gasteiger partial charge in [0.2, 0.25) is 0 Å². The maximum Gasteiger partial charge on any atom is 0.145 e. The van der Waals surface area contributed by atoms with Crippen LogP contribution in [-0.4, -0.2) is 9.55 Å². The minimum absolute atomic E-state index is 0.940. The van der Waals surface area contributed by atoms with Crippen LogP contribution in [0.1, 0.15) is 5.56 Å². The second kappa shape index (κ2) is 11.5. The van der Waals surface area contributed by atoms with Gasteiger partial charge in [-0.25, -0.2) is 4.98 Å². The minimum atomic E-state index is 0.940. The number of fused-ring (bicyclic) bond motifs is 3. The van der Waals surface area contributed by atoms with Crippen LogP contribution >= 0.6 is 0 Å². The third-order valence-corrected chi connectivity index (χ3v) is 9.48. The van der Waals surface area contributed by atoms with Gasteiger partial charge in [-0.05, 0) is 92.2 Å². The highest BCUT2D eigenvalue weighted by molar-refractivity contribution is 6.22. The number of nitrogens with zero attached hydrogens (tertiary/aromatic N) is 2. The molecular formula is C46H32N2. The van der Waals surface area contributed by atoms with Crippen LogP contribution in [-0.2, 0) is 0 Å². The summed E-state index contributed by atoms with van der Waals surface area (Å²) in [5, 5.41) is 5.00. The molecule has 2 nitrogen and oxygen atoms in total. The summed E-state index contributed by atoms with van der Waals surface area (Å²) in [6.07, 6.45) is 0. The lowest BCUT2D eigenvalue weighted by molar-refractivity contribution is 1.10. The number of para-hydroxylation sites is 2. The van der Waals surface area contributed by atoms with Gasteiger partial charge in [0.1, 0.15) is 5.82 Å². The van der Waals surface area contributed by atoms with Crippen LogP contribution in [0.4, 0.5) is 0 Å². The van der Waals surface area contributed by atoms with Gasteiger partial charge in [0.25, 0.3) is 0 Å². The van der Waals surface area contributed by atoms with Crippen molar-refractivity contribution >= 4 is 32.6 Å². The van der Waals surface area contributed by atoms with E-state index in [4.69, 9.17) is 4.98 Å². The van der Waals surface area contributed by atoms with Gasteiger partial charge < -0.3 is 0 Å². The van der Waals surface area contributed by atoms with Crippen molar-refractivity contribution in [1.82, 2.24) is 9.55 Å². The molecule has 0 bridgehead atoms. The first kappa shape index (κ1) is 28.0. The molecule has 1 aromatic heterocycles. The number of benzene rings is 8. The Labute approximate surface area is 280 Å². The highest BCUT2D eigenvalue weighted by Gasteiger charge is 2.19. The quantitative estimate of drug-likeness (QED) is 0.177. The molecule has 0 fully saturated rings. The fourth-order valence-electron chi connectivity index (χ4n) is 7.18. The van der Waals surface area contributed by atoms with Crippen LogP contribution in [0.25, 0.3) is 83.0 Å². The largest absolute Gasteiger partial charge is 0.292 e. The van der Waals surface area contributed by atoms with Gasteiger partial charge in [0, 0.05) is 11.3 Å². The summed E-state index contributed by atoms with van der Waals surface area (Å²) in [5.41, 5.74) is 12.9. The van der Waals surface area contributed by atoms with Crippen LogP contribution in [0.5, 0.6) is 0 Å². The summed E-state index contributed by atoms with van der Waals surface area (Å²) in [7, 11) is 0. The molecule has 0 aliphatic rings. The predicted molar refractivity (Wildman–Crippen MR) is 203 cm³/mol. The lowest BCUT2D eigenvalue weighted by Crippen LogP contribution is -1.98. The smallest absolute Gasteiger partial charge is 0.145 e. The second-order valence-electron chi connectivity index (χ2n) is 12.5. The lowest BCUT2D eigenvalue weighted by Gasteiger charge is -2.19. The summed E-state index contributed by atoms with van der Waals surface area (Å²) < 4.78 is 2.28. The summed E-state index contributed by atoms with van der Waals surface area (Å²) in [4.78, 5) is 5.07. The zero-order valence-corrected chi connectivity index (χ0v) is 26.6. The number of aromatic nitrogens is 2. The van der Waals surface area contributed by atoms with Crippen LogP contribution in [0.2, 0.25) is 0 Å². The van der Waals surface area contributed by atoms with E-state index in [1.807, 2.05) is 6.07 Å². The molecule has 0 radical (unpaired) electrons. The molecule has 9 rings (SSSR count). The number of aryl methyl sites for hydroxylation is 1. The predicted octanol–water partition coefficient (Wildman–Crippen LogP) is 12.3. The van der Waals surface area contributed by atoms with Crippen LogP contribution < -0.4 is 0 Å². The molecule has 0 spiro atoms. The molecule has 9 aromatic rings. The number of hydrogen-bond acceptors (Lipinski definition) is 1. The van der Waals surface area contributed by atoms with Gasteiger partial charge in [-0.15, -0.1) is 0 Å². The van der Waals surface area contributed by atoms with Gasteiger partial charge in [-0.1, -0.05) is 151 Å². The third kappa shape index (κ3) is 4.70. The Kier molecular flexibility index (Phi) is 6.72. The molecule has 0 N–H and O–H groups in total. The minimum Gasteiger partial charge on any atom is -0.292 e. The second-order valence-corrected chi connectivity index (χ2v) is 12.5. The Bertz CT molecular complexity index is 2580. The molecule has 0 saturated carbocycles. The molecule has 0 saturated heterocycles. The van der Waals surface area contributed by atoms with E-state index in [-0.39, 0.29) is 0 Å². The van der Waals surface area contributed by atoms with E-state index in [2.05, 4.69) is 181 Å². The van der Waals surface area contributed by atoms with Crippen molar-refractivity contribution in [3.8, 4) is 50.5 Å². The highest BCUT2D eigenvalue weighted by Crippen LogP contribution is 2.45. The molecule has 1 heterocycles. The monoisotopic (exact) mass is 612 g/mol. The first-order valence-electron chi connectivity index (χ1n) is 16.5. The van der Waals surface area contributed by atoms with E-state index in [1.165, 1.54) is 60.5 Å². The molecule has 2 heteroatoms. The van der Waals surface area contributed by atoms with Gasteiger partial charge in [-0.2, -0.15) is 0 Å². The SMILES string of the molecule is Cc1ccc(-c2ccc3c(-c4ccccc4)c4ccccc4c(-c4ccc(-n5c(-c6ccccc6)nc6ccccc65)cc4)c3c2)cc1. The fourth-order valence-corrected chi connectivity index (χ4v) is 7.18. The van der Waals surface area contributed by atoms with Crippen molar-refractivity contribution in [1.29, 1.82) is 0 Å². The van der Waals surface area contributed by atoms with E-state index in [1.54, 1.807) is 0 Å². The first-order valence-corrected chi connectivity index (χ1v) is 16.5. The average molecular weight is 613 g/mol. The van der Waals surface area contributed by atoms with Crippen molar-refractivity contribution < 1.29 is 0 Å². The van der Waals surface area contributed by atoms with Crippen LogP contribution in [0.15, 0.2) is 176 Å². The maximum absolute atomic E-state index is 5.07. The van der Waals surface area contributed by atoms with E-state index < -0.39 is 0 Å². The Morgan fingerprint density at radius 3 is 1.62 bits per heavy atom. The van der Waals surface area contributed by atoms with Crippen molar-refractivity contribution in [2.24, 2.45) is 0 Å². The van der Waals surface area contributed by atoms with Gasteiger partial charge in [-0.3, -0.25) is 4.57 Å². The standard InChI is InChI=1S/C46H32N2/c1-31-20-22-32(23-21-31)36-26-29-40-41(30-36)45(39-17-9-8-16-38(39)44(40)33-12-4-2-5-13-33)34-24-27-37(28-25-34)48-43-19-11-10-18-42(43)47-46(48)35-14-6-3-7-15-35/h2-30H,1H3. The number of imidazole rings is 1. The van der Waals surface area contributed by atoms with E-state index in [0.717, 1.165) is 28.1 Å². The Morgan fingerprint density at radius 1 is 0.396 bits per heavy atom. The Balaban J connectivity index is 1.29. The number of rotatable bonds is 5. The van der Waals surface area contributed by atoms with Gasteiger partial charge in [0.05, 0.1) is 11.0 Å². The van der Waals surface area contributed by atoms with Crippen molar-refractivity contribution in [3.05, 3.63) is 181 Å². The first-order chi connectivity index (χ1) is 23.7. The zero-order chi connectivity index (χ0) is 32.0. The van der Waals surface area contributed by atoms with E-state index in [9.17, 15) is 0 Å². The van der Waals surface area contributed by atoms with Crippen molar-refractivity contribution in [2.45, 2.75) is 6.92 Å². The topological polar surface area (TPSA) is 17.8 Å². The molecule has 0 aliphatic heterocycles. The lowest BCUT2D eigenvalue weighted by atomic mass is 9.85. The molecule has 0 atom stereocenters. The molecular weight excluding hydrogens is 581 g/mol. The molecule has 226 valence electrons. The van der Waals surface area contributed by atoms with Gasteiger partial charge >= 0.3 is 0 Å². The Hall–Kier alpha value is -6.25. The van der Waals surface area contributed by atoms with Crippen molar-refractivity contribution in [3.63, 3.8) is 0 Å². The Morgan fingerprint density at radius 2 is 0.917 bits per heavy atom. The zero-order valence-electron chi connectivity index (χ0n) is 26.6. The maximum atomic E-state index is 5.07. The third-order valence-electron chi connectivity index (χ3n) is 9.48.